The summed E-state index contributed by atoms with van der Waals surface area (Å²) < 4.78 is 0. The van der Waals surface area contributed by atoms with Crippen molar-refractivity contribution in [3.05, 3.63) is 69.7 Å². The molecule has 0 bridgehead atoms. The third kappa shape index (κ3) is 4.48. The van der Waals surface area contributed by atoms with Gasteiger partial charge in [0.25, 0.3) is 0 Å². The van der Waals surface area contributed by atoms with E-state index in [2.05, 4.69) is 12.1 Å². The van der Waals surface area contributed by atoms with Gasteiger partial charge in [0.05, 0.1) is 0 Å². The number of Topliss-reactive ketones (excluding diaryl/α,β-unsaturated/α-hetero) is 1. The van der Waals surface area contributed by atoms with Crippen LogP contribution in [0.25, 0.3) is 0 Å². The molecule has 2 aliphatic rings. The predicted molar refractivity (Wildman–Crippen MR) is 126 cm³/mol. The second-order valence-electron chi connectivity index (χ2n) is 9.55. The molecule has 3 heteroatoms. The van der Waals surface area contributed by atoms with E-state index in [-0.39, 0.29) is 10.8 Å². The number of hydrogen-bond donors (Lipinski definition) is 0. The van der Waals surface area contributed by atoms with E-state index in [9.17, 15) is 4.79 Å². The lowest BCUT2D eigenvalue weighted by Gasteiger charge is -2.46. The number of carbonyl (C=O) groups excluding carboxylic acids is 1. The summed E-state index contributed by atoms with van der Waals surface area (Å²) in [5.74, 6) is 0.495. The fourth-order valence-corrected chi connectivity index (χ4v) is 6.41. The summed E-state index contributed by atoms with van der Waals surface area (Å²) in [5.41, 5.74) is 1.67. The Morgan fingerprint density at radius 2 is 1.00 bits per heavy atom. The monoisotopic (exact) mass is 442 g/mol. The zero-order valence-electron chi connectivity index (χ0n) is 17.8. The number of ketones is 1. The van der Waals surface area contributed by atoms with Crippen molar-refractivity contribution in [1.82, 2.24) is 0 Å². The van der Waals surface area contributed by atoms with Crippen LogP contribution in [-0.2, 0) is 17.6 Å². The zero-order chi connectivity index (χ0) is 21.0. The summed E-state index contributed by atoms with van der Waals surface area (Å²) >= 11 is 13.1. The minimum Gasteiger partial charge on any atom is -0.298 e. The van der Waals surface area contributed by atoms with Crippen LogP contribution < -0.4 is 0 Å². The lowest BCUT2D eigenvalue weighted by atomic mass is 9.56. The molecule has 1 nitrogen and oxygen atoms in total. The van der Waals surface area contributed by atoms with Crippen molar-refractivity contribution in [2.24, 2.45) is 10.8 Å². The van der Waals surface area contributed by atoms with E-state index in [1.807, 2.05) is 36.4 Å². The Morgan fingerprint density at radius 3 is 1.37 bits per heavy atom. The van der Waals surface area contributed by atoms with E-state index < -0.39 is 0 Å². The maximum atomic E-state index is 14.5. The molecule has 0 heterocycles. The molecule has 160 valence electrons. The first-order chi connectivity index (χ1) is 14.5. The molecule has 2 aliphatic carbocycles. The van der Waals surface area contributed by atoms with Gasteiger partial charge in [-0.1, -0.05) is 98.1 Å². The van der Waals surface area contributed by atoms with Crippen LogP contribution in [0.15, 0.2) is 48.5 Å². The molecule has 30 heavy (non-hydrogen) atoms. The molecular weight excluding hydrogens is 411 g/mol. The molecule has 0 spiro atoms. The molecule has 0 aromatic heterocycles. The van der Waals surface area contributed by atoms with Gasteiger partial charge in [-0.3, -0.25) is 4.79 Å². The summed E-state index contributed by atoms with van der Waals surface area (Å²) in [7, 11) is 0. The van der Waals surface area contributed by atoms with Gasteiger partial charge in [0.2, 0.25) is 0 Å². The van der Waals surface area contributed by atoms with Gasteiger partial charge >= 0.3 is 0 Å². The highest BCUT2D eigenvalue weighted by molar-refractivity contribution is 6.31. The van der Waals surface area contributed by atoms with Crippen LogP contribution in [0.5, 0.6) is 0 Å². The van der Waals surface area contributed by atoms with Gasteiger partial charge in [-0.2, -0.15) is 0 Å². The molecule has 0 saturated heterocycles. The van der Waals surface area contributed by atoms with Crippen LogP contribution in [-0.4, -0.2) is 5.78 Å². The summed E-state index contributed by atoms with van der Waals surface area (Å²) in [4.78, 5) is 14.5. The van der Waals surface area contributed by atoms with E-state index in [1.165, 1.54) is 12.8 Å². The first-order valence-corrected chi connectivity index (χ1v) is 12.3. The van der Waals surface area contributed by atoms with Gasteiger partial charge in [-0.05, 0) is 61.8 Å². The molecule has 0 N–H and O–H groups in total. The van der Waals surface area contributed by atoms with E-state index in [4.69, 9.17) is 23.2 Å². The van der Waals surface area contributed by atoms with Crippen molar-refractivity contribution in [3.63, 3.8) is 0 Å². The van der Waals surface area contributed by atoms with Crippen molar-refractivity contribution < 1.29 is 4.79 Å². The lowest BCUT2D eigenvalue weighted by Crippen LogP contribution is -2.48. The van der Waals surface area contributed by atoms with Crippen molar-refractivity contribution >= 4 is 29.0 Å². The Labute approximate surface area is 191 Å². The molecule has 2 saturated carbocycles. The van der Waals surface area contributed by atoms with Crippen LogP contribution in [0.1, 0.15) is 75.3 Å². The second kappa shape index (κ2) is 9.45. The third-order valence-corrected chi connectivity index (χ3v) is 8.30. The minimum absolute atomic E-state index is 0.290. The molecule has 0 atom stereocenters. The third-order valence-electron chi connectivity index (χ3n) is 7.56. The molecule has 4 rings (SSSR count). The topological polar surface area (TPSA) is 17.1 Å². The molecule has 0 radical (unpaired) electrons. The largest absolute Gasteiger partial charge is 0.298 e. The van der Waals surface area contributed by atoms with Crippen LogP contribution >= 0.6 is 23.2 Å². The first kappa shape index (κ1) is 21.9. The number of halogens is 2. The van der Waals surface area contributed by atoms with Crippen LogP contribution in [0.3, 0.4) is 0 Å². The lowest BCUT2D eigenvalue weighted by molar-refractivity contribution is -0.143. The standard InChI is InChI=1S/C27H32Cl2O/c28-23-13-5-3-11-21(23)19-26(15-7-1-8-16-26)25(30)27(17-9-2-10-18-27)20-22-12-4-6-14-24(22)29/h3-6,11-14H,1-2,7-10,15-20H2. The molecule has 0 amide bonds. The van der Waals surface area contributed by atoms with Gasteiger partial charge in [-0.15, -0.1) is 0 Å². The van der Waals surface area contributed by atoms with Crippen molar-refractivity contribution in [3.8, 4) is 0 Å². The Morgan fingerprint density at radius 1 is 0.633 bits per heavy atom. The van der Waals surface area contributed by atoms with E-state index in [1.54, 1.807) is 0 Å². The quantitative estimate of drug-likeness (QED) is 0.439. The summed E-state index contributed by atoms with van der Waals surface area (Å²) in [6.45, 7) is 0. The highest BCUT2D eigenvalue weighted by Crippen LogP contribution is 2.51. The SMILES string of the molecule is O=C(C1(Cc2ccccc2Cl)CCCCC1)C1(Cc2ccccc2Cl)CCCCC1. The summed E-state index contributed by atoms with van der Waals surface area (Å²) in [5, 5.41) is 1.58. The van der Waals surface area contributed by atoms with Crippen molar-refractivity contribution in [2.75, 3.05) is 0 Å². The van der Waals surface area contributed by atoms with Gasteiger partial charge in [0.1, 0.15) is 5.78 Å². The Hall–Kier alpha value is -1.31. The van der Waals surface area contributed by atoms with Crippen LogP contribution in [0.4, 0.5) is 0 Å². The second-order valence-corrected chi connectivity index (χ2v) is 10.4. The highest BCUT2D eigenvalue weighted by Gasteiger charge is 2.50. The average molecular weight is 443 g/mol. The first-order valence-electron chi connectivity index (χ1n) is 11.6. The molecule has 2 aromatic carbocycles. The number of benzene rings is 2. The minimum atomic E-state index is -0.290. The molecule has 2 fully saturated rings. The smallest absolute Gasteiger partial charge is 0.145 e. The molecule has 2 aromatic rings. The average Bonchev–Trinajstić information content (AvgIpc) is 2.78. The molecule has 0 unspecified atom stereocenters. The fourth-order valence-electron chi connectivity index (χ4n) is 6.00. The van der Waals surface area contributed by atoms with E-state index >= 15 is 0 Å². The highest BCUT2D eigenvalue weighted by atomic mass is 35.5. The number of hydrogen-bond acceptors (Lipinski definition) is 1. The zero-order valence-corrected chi connectivity index (χ0v) is 19.3. The molecular formula is C27H32Cl2O. The Balaban J connectivity index is 1.71. The Kier molecular flexibility index (Phi) is 6.90. The number of rotatable bonds is 6. The predicted octanol–water partition coefficient (Wildman–Crippen LogP) is 8.25. The maximum Gasteiger partial charge on any atom is 0.145 e. The fraction of sp³-hybridized carbons (Fsp3) is 0.519. The van der Waals surface area contributed by atoms with E-state index in [0.29, 0.717) is 5.78 Å². The van der Waals surface area contributed by atoms with Gasteiger partial charge in [0, 0.05) is 20.9 Å². The van der Waals surface area contributed by atoms with Gasteiger partial charge < -0.3 is 0 Å². The van der Waals surface area contributed by atoms with Crippen LogP contribution in [0, 0.1) is 10.8 Å². The number of carbonyl (C=O) groups is 1. The van der Waals surface area contributed by atoms with Crippen LogP contribution in [0.2, 0.25) is 10.0 Å². The summed E-state index contributed by atoms with van der Waals surface area (Å²) in [6.07, 6.45) is 12.5. The van der Waals surface area contributed by atoms with Crippen molar-refractivity contribution in [1.29, 1.82) is 0 Å². The van der Waals surface area contributed by atoms with Gasteiger partial charge in [0.15, 0.2) is 0 Å². The normalized spacial score (nSPS) is 20.6. The Bertz CT molecular complexity index is 804. The maximum absolute atomic E-state index is 14.5. The van der Waals surface area contributed by atoms with E-state index in [0.717, 1.165) is 85.4 Å². The molecule has 0 aliphatic heterocycles. The van der Waals surface area contributed by atoms with Crippen molar-refractivity contribution in [2.45, 2.75) is 77.0 Å². The summed E-state index contributed by atoms with van der Waals surface area (Å²) in [6, 6.07) is 16.2. The van der Waals surface area contributed by atoms with Gasteiger partial charge in [-0.25, -0.2) is 0 Å².